The number of anilines is 1. The second kappa shape index (κ2) is 11.9. The molecule has 202 valence electrons. The lowest BCUT2D eigenvalue weighted by atomic mass is 9.88. The summed E-state index contributed by atoms with van der Waals surface area (Å²) in [6, 6.07) is 10.2. The van der Waals surface area contributed by atoms with Crippen molar-refractivity contribution in [2.75, 3.05) is 31.5 Å². The van der Waals surface area contributed by atoms with Crippen molar-refractivity contribution >= 4 is 49.1 Å². The van der Waals surface area contributed by atoms with Crippen LogP contribution in [-0.4, -0.2) is 60.4 Å². The number of carbonyl (C=O) groups is 2. The van der Waals surface area contributed by atoms with Crippen molar-refractivity contribution < 1.29 is 26.4 Å². The Bertz CT molecular complexity index is 1360. The molecule has 0 spiro atoms. The standard InChI is InChI=1S/C23H30ClN5O6S2/c1-16-3-5-18(6-4-16)36(32,33)27-14-13-26-22(31)23(9-11-25-12-10-23)29-37(34,35)19-7-8-21(20(24)15-19)28-17(2)30/h3-8,15,25,27,29H,9-14H2,1-2H3,(H,26,31)(H,28,30). The Kier molecular flexibility index (Phi) is 9.32. The van der Waals surface area contributed by atoms with Crippen LogP contribution >= 0.6 is 11.6 Å². The molecule has 0 unspecified atom stereocenters. The van der Waals surface area contributed by atoms with Gasteiger partial charge in [-0.2, -0.15) is 4.72 Å². The van der Waals surface area contributed by atoms with Gasteiger partial charge in [-0.05, 0) is 63.2 Å². The lowest BCUT2D eigenvalue weighted by molar-refractivity contribution is -0.127. The van der Waals surface area contributed by atoms with Crippen LogP contribution < -0.4 is 25.4 Å². The largest absolute Gasteiger partial charge is 0.353 e. The van der Waals surface area contributed by atoms with Gasteiger partial charge in [0, 0.05) is 20.0 Å². The monoisotopic (exact) mass is 571 g/mol. The zero-order valence-corrected chi connectivity index (χ0v) is 22.8. The van der Waals surface area contributed by atoms with Crippen LogP contribution in [0.25, 0.3) is 0 Å². The molecule has 0 aromatic heterocycles. The smallest absolute Gasteiger partial charge is 0.241 e. The van der Waals surface area contributed by atoms with Crippen LogP contribution in [0.4, 0.5) is 5.69 Å². The third-order valence-corrected chi connectivity index (χ3v) is 9.14. The number of piperidine rings is 1. The van der Waals surface area contributed by atoms with Crippen molar-refractivity contribution in [2.45, 2.75) is 42.0 Å². The third-order valence-electron chi connectivity index (χ3n) is 5.82. The number of aryl methyl sites for hydroxylation is 1. The number of sulfonamides is 2. The molecular weight excluding hydrogens is 542 g/mol. The maximum atomic E-state index is 13.2. The molecule has 0 saturated carbocycles. The minimum absolute atomic E-state index is 0.0303. The second-order valence-electron chi connectivity index (χ2n) is 8.73. The van der Waals surface area contributed by atoms with Crippen LogP contribution in [0.1, 0.15) is 25.3 Å². The van der Waals surface area contributed by atoms with Crippen LogP contribution in [-0.2, 0) is 29.6 Å². The molecule has 2 aromatic carbocycles. The van der Waals surface area contributed by atoms with E-state index in [1.165, 1.54) is 37.3 Å². The highest BCUT2D eigenvalue weighted by molar-refractivity contribution is 7.89. The molecule has 5 N–H and O–H groups in total. The summed E-state index contributed by atoms with van der Waals surface area (Å²) in [7, 11) is -7.93. The molecular formula is C23H30ClN5O6S2. The van der Waals surface area contributed by atoms with Gasteiger partial charge in [0.1, 0.15) is 5.54 Å². The molecule has 2 amide bonds. The first-order valence-electron chi connectivity index (χ1n) is 11.5. The summed E-state index contributed by atoms with van der Waals surface area (Å²) >= 11 is 6.14. The zero-order chi connectivity index (χ0) is 27.3. The second-order valence-corrected chi connectivity index (χ2v) is 12.6. The van der Waals surface area contributed by atoms with Crippen molar-refractivity contribution in [1.82, 2.24) is 20.1 Å². The van der Waals surface area contributed by atoms with Gasteiger partial charge in [-0.3, -0.25) is 9.59 Å². The quantitative estimate of drug-likeness (QED) is 0.267. The summed E-state index contributed by atoms with van der Waals surface area (Å²) in [5.74, 6) is -0.921. The summed E-state index contributed by atoms with van der Waals surface area (Å²) in [5.41, 5.74) is -0.259. The normalized spacial score (nSPS) is 15.6. The van der Waals surface area contributed by atoms with E-state index in [0.29, 0.717) is 13.1 Å². The molecule has 3 rings (SSSR count). The van der Waals surface area contributed by atoms with E-state index < -0.39 is 31.5 Å². The number of hydrogen-bond acceptors (Lipinski definition) is 7. The number of halogens is 1. The van der Waals surface area contributed by atoms with E-state index in [1.807, 2.05) is 6.92 Å². The van der Waals surface area contributed by atoms with Crippen LogP contribution in [0, 0.1) is 6.92 Å². The van der Waals surface area contributed by atoms with E-state index in [1.54, 1.807) is 12.1 Å². The van der Waals surface area contributed by atoms with E-state index >= 15 is 0 Å². The predicted molar refractivity (Wildman–Crippen MR) is 140 cm³/mol. The molecule has 0 atom stereocenters. The van der Waals surface area contributed by atoms with Gasteiger partial charge >= 0.3 is 0 Å². The lowest BCUT2D eigenvalue weighted by Crippen LogP contribution is -2.63. The first-order chi connectivity index (χ1) is 17.3. The molecule has 0 bridgehead atoms. The SMILES string of the molecule is CC(=O)Nc1ccc(S(=O)(=O)NC2(C(=O)NCCNS(=O)(=O)c3ccc(C)cc3)CCNCC2)cc1Cl. The van der Waals surface area contributed by atoms with Crippen molar-refractivity contribution in [3.63, 3.8) is 0 Å². The number of carbonyl (C=O) groups excluding carboxylic acids is 2. The van der Waals surface area contributed by atoms with Crippen LogP contribution in [0.15, 0.2) is 52.3 Å². The Hall–Kier alpha value is -2.55. The number of hydrogen-bond donors (Lipinski definition) is 5. The average molecular weight is 572 g/mol. The molecule has 1 heterocycles. The lowest BCUT2D eigenvalue weighted by Gasteiger charge is -2.36. The zero-order valence-electron chi connectivity index (χ0n) is 20.4. The maximum Gasteiger partial charge on any atom is 0.241 e. The minimum Gasteiger partial charge on any atom is -0.353 e. The molecule has 1 saturated heterocycles. The van der Waals surface area contributed by atoms with Crippen LogP contribution in [0.2, 0.25) is 5.02 Å². The van der Waals surface area contributed by atoms with Crippen molar-refractivity contribution in [3.05, 3.63) is 53.1 Å². The van der Waals surface area contributed by atoms with Gasteiger partial charge in [0.2, 0.25) is 31.9 Å². The van der Waals surface area contributed by atoms with E-state index in [-0.39, 0.29) is 52.3 Å². The molecule has 0 radical (unpaired) electrons. The molecule has 2 aromatic rings. The fourth-order valence-corrected chi connectivity index (χ4v) is 6.60. The van der Waals surface area contributed by atoms with Gasteiger partial charge in [0.05, 0.1) is 20.5 Å². The van der Waals surface area contributed by atoms with Gasteiger partial charge in [-0.15, -0.1) is 0 Å². The van der Waals surface area contributed by atoms with Crippen LogP contribution in [0.5, 0.6) is 0 Å². The number of amides is 2. The van der Waals surface area contributed by atoms with Gasteiger partial charge in [-0.25, -0.2) is 21.6 Å². The van der Waals surface area contributed by atoms with Gasteiger partial charge < -0.3 is 16.0 Å². The van der Waals surface area contributed by atoms with Gasteiger partial charge in [0.25, 0.3) is 0 Å². The summed E-state index contributed by atoms with van der Waals surface area (Å²) in [6.45, 7) is 3.83. The van der Waals surface area contributed by atoms with E-state index in [2.05, 4.69) is 25.4 Å². The Morgan fingerprint density at radius 3 is 2.16 bits per heavy atom. The Labute approximate surface area is 221 Å². The highest BCUT2D eigenvalue weighted by Crippen LogP contribution is 2.27. The summed E-state index contributed by atoms with van der Waals surface area (Å²) < 4.78 is 56.2. The molecule has 14 heteroatoms. The molecule has 11 nitrogen and oxygen atoms in total. The highest BCUT2D eigenvalue weighted by Gasteiger charge is 2.43. The molecule has 1 fully saturated rings. The van der Waals surface area contributed by atoms with Gasteiger partial charge in [-0.1, -0.05) is 29.3 Å². The van der Waals surface area contributed by atoms with Crippen molar-refractivity contribution in [1.29, 1.82) is 0 Å². The topological polar surface area (TPSA) is 163 Å². The van der Waals surface area contributed by atoms with Crippen LogP contribution in [0.3, 0.4) is 0 Å². The summed E-state index contributed by atoms with van der Waals surface area (Å²) in [6.07, 6.45) is 0.371. The Morgan fingerprint density at radius 1 is 0.946 bits per heavy atom. The molecule has 1 aliphatic heterocycles. The number of rotatable bonds is 10. The van der Waals surface area contributed by atoms with Crippen molar-refractivity contribution in [3.8, 4) is 0 Å². The fraction of sp³-hybridized carbons (Fsp3) is 0.391. The maximum absolute atomic E-state index is 13.2. The number of nitrogens with one attached hydrogen (secondary N) is 5. The summed E-state index contributed by atoms with van der Waals surface area (Å²) in [5, 5.41) is 8.28. The molecule has 1 aliphatic rings. The first kappa shape index (κ1) is 29.0. The third kappa shape index (κ3) is 7.49. The van der Waals surface area contributed by atoms with E-state index in [0.717, 1.165) is 5.56 Å². The molecule has 37 heavy (non-hydrogen) atoms. The number of benzene rings is 2. The highest BCUT2D eigenvalue weighted by atomic mass is 35.5. The minimum atomic E-state index is -4.17. The van der Waals surface area contributed by atoms with E-state index in [9.17, 15) is 26.4 Å². The average Bonchev–Trinajstić information content (AvgIpc) is 2.83. The van der Waals surface area contributed by atoms with Crippen molar-refractivity contribution in [2.24, 2.45) is 0 Å². The first-order valence-corrected chi connectivity index (χ1v) is 14.9. The Morgan fingerprint density at radius 2 is 1.57 bits per heavy atom. The Balaban J connectivity index is 1.68. The van der Waals surface area contributed by atoms with E-state index in [4.69, 9.17) is 11.6 Å². The predicted octanol–water partition coefficient (Wildman–Crippen LogP) is 1.10. The summed E-state index contributed by atoms with van der Waals surface area (Å²) in [4.78, 5) is 24.4. The molecule has 0 aliphatic carbocycles. The van der Waals surface area contributed by atoms with Gasteiger partial charge in [0.15, 0.2) is 0 Å². The fourth-order valence-electron chi connectivity index (χ4n) is 3.83.